The molecule has 0 saturated carbocycles. The van der Waals surface area contributed by atoms with Crippen molar-refractivity contribution in [2.75, 3.05) is 49.2 Å². The minimum Gasteiger partial charge on any atom is -0.379 e. The first kappa shape index (κ1) is 23.3. The van der Waals surface area contributed by atoms with Crippen molar-refractivity contribution in [3.8, 4) is 0 Å². The fraction of sp³-hybridized carbons (Fsp3) is 0.375. The summed E-state index contributed by atoms with van der Waals surface area (Å²) in [5.41, 5.74) is 2.76. The van der Waals surface area contributed by atoms with Crippen LogP contribution in [-0.4, -0.2) is 61.2 Å². The zero-order valence-corrected chi connectivity index (χ0v) is 19.2. The molecule has 9 heteroatoms. The quantitative estimate of drug-likeness (QED) is 0.578. The molecule has 2 aromatic carbocycles. The highest BCUT2D eigenvalue weighted by molar-refractivity contribution is 7.99. The molecule has 0 spiro atoms. The van der Waals surface area contributed by atoms with E-state index < -0.39 is 0 Å². The standard InChI is InChI=1S/C24H28N4O4S/c29-22(6-8-28-9-11-32-12-10-28)26-19-3-1-2-17(14-19)16-25-24(31)18-4-5-21-20(15-18)27-23(30)7-13-33-21/h1-5,14-15H,6-13,16H2,(H,25,31)(H,26,29)(H,27,30). The fourth-order valence-electron chi connectivity index (χ4n) is 3.71. The SMILES string of the molecule is O=C(CCN1CCOCC1)Nc1cccc(CNC(=O)c2ccc3c(c2)NC(=O)CCS3)c1. The number of nitrogens with zero attached hydrogens (tertiary/aromatic N) is 1. The maximum absolute atomic E-state index is 12.7. The van der Waals surface area contributed by atoms with Gasteiger partial charge in [0, 0.05) is 60.9 Å². The summed E-state index contributed by atoms with van der Waals surface area (Å²) < 4.78 is 5.33. The van der Waals surface area contributed by atoms with Gasteiger partial charge in [-0.25, -0.2) is 0 Å². The molecule has 2 heterocycles. The van der Waals surface area contributed by atoms with Crippen LogP contribution in [0.3, 0.4) is 0 Å². The Morgan fingerprint density at radius 3 is 2.82 bits per heavy atom. The summed E-state index contributed by atoms with van der Waals surface area (Å²) in [5.74, 6) is 0.432. The third-order valence-corrected chi connectivity index (χ3v) is 6.60. The van der Waals surface area contributed by atoms with Crippen LogP contribution < -0.4 is 16.0 Å². The van der Waals surface area contributed by atoms with Gasteiger partial charge < -0.3 is 20.7 Å². The number of morpholine rings is 1. The third kappa shape index (κ3) is 6.80. The molecule has 2 aliphatic heterocycles. The number of anilines is 2. The third-order valence-electron chi connectivity index (χ3n) is 5.53. The molecule has 0 aliphatic carbocycles. The smallest absolute Gasteiger partial charge is 0.251 e. The first-order chi connectivity index (χ1) is 16.1. The Morgan fingerprint density at radius 2 is 1.97 bits per heavy atom. The topological polar surface area (TPSA) is 99.8 Å². The molecule has 1 fully saturated rings. The van der Waals surface area contributed by atoms with Gasteiger partial charge in [-0.05, 0) is 35.9 Å². The maximum Gasteiger partial charge on any atom is 0.251 e. The molecule has 1 saturated heterocycles. The largest absolute Gasteiger partial charge is 0.379 e. The van der Waals surface area contributed by atoms with E-state index in [-0.39, 0.29) is 17.7 Å². The van der Waals surface area contributed by atoms with Gasteiger partial charge in [0.15, 0.2) is 0 Å². The summed E-state index contributed by atoms with van der Waals surface area (Å²) in [6.45, 7) is 4.19. The molecule has 2 aliphatic rings. The van der Waals surface area contributed by atoms with Crippen molar-refractivity contribution in [1.29, 1.82) is 0 Å². The molecule has 3 N–H and O–H groups in total. The predicted octanol–water partition coefficient (Wildman–Crippen LogP) is 2.71. The molecule has 0 atom stereocenters. The van der Waals surface area contributed by atoms with Crippen LogP contribution >= 0.6 is 11.8 Å². The second-order valence-corrected chi connectivity index (χ2v) is 9.13. The van der Waals surface area contributed by atoms with Crippen LogP contribution in [-0.2, 0) is 20.9 Å². The number of thioether (sulfide) groups is 1. The van der Waals surface area contributed by atoms with Gasteiger partial charge in [0.2, 0.25) is 11.8 Å². The lowest BCUT2D eigenvalue weighted by Gasteiger charge is -2.26. The number of rotatable bonds is 7. The Morgan fingerprint density at radius 1 is 1.12 bits per heavy atom. The van der Waals surface area contributed by atoms with Gasteiger partial charge in [-0.15, -0.1) is 11.8 Å². The number of hydrogen-bond acceptors (Lipinski definition) is 6. The molecule has 0 radical (unpaired) electrons. The summed E-state index contributed by atoms with van der Waals surface area (Å²) in [6, 6.07) is 12.8. The Bertz CT molecular complexity index is 1020. The van der Waals surface area contributed by atoms with Gasteiger partial charge in [0.1, 0.15) is 0 Å². The molecule has 4 rings (SSSR count). The zero-order valence-electron chi connectivity index (χ0n) is 18.4. The number of nitrogens with one attached hydrogen (secondary N) is 3. The average molecular weight is 469 g/mol. The van der Waals surface area contributed by atoms with E-state index in [1.54, 1.807) is 23.9 Å². The highest BCUT2D eigenvalue weighted by Crippen LogP contribution is 2.31. The number of hydrogen-bond donors (Lipinski definition) is 3. The summed E-state index contributed by atoms with van der Waals surface area (Å²) in [6.07, 6.45) is 0.884. The van der Waals surface area contributed by atoms with Crippen molar-refractivity contribution in [3.63, 3.8) is 0 Å². The van der Waals surface area contributed by atoms with Crippen LogP contribution in [0, 0.1) is 0 Å². The van der Waals surface area contributed by atoms with Gasteiger partial charge in [-0.3, -0.25) is 19.3 Å². The van der Waals surface area contributed by atoms with E-state index in [1.807, 2.05) is 30.3 Å². The number of carbonyl (C=O) groups is 3. The van der Waals surface area contributed by atoms with Gasteiger partial charge in [-0.2, -0.15) is 0 Å². The number of ether oxygens (including phenoxy) is 1. The van der Waals surface area contributed by atoms with Crippen LogP contribution in [0.1, 0.15) is 28.8 Å². The lowest BCUT2D eigenvalue weighted by molar-refractivity contribution is -0.117. The van der Waals surface area contributed by atoms with Crippen molar-refractivity contribution in [1.82, 2.24) is 10.2 Å². The maximum atomic E-state index is 12.7. The van der Waals surface area contributed by atoms with Crippen LogP contribution in [0.15, 0.2) is 47.4 Å². The van der Waals surface area contributed by atoms with Crippen molar-refractivity contribution >= 4 is 40.9 Å². The molecule has 0 bridgehead atoms. The molecular weight excluding hydrogens is 440 g/mol. The second kappa shape index (κ2) is 11.3. The molecule has 0 aromatic heterocycles. The number of fused-ring (bicyclic) bond motifs is 1. The number of carbonyl (C=O) groups excluding carboxylic acids is 3. The van der Waals surface area contributed by atoms with Gasteiger partial charge >= 0.3 is 0 Å². The van der Waals surface area contributed by atoms with E-state index in [4.69, 9.17) is 4.74 Å². The predicted molar refractivity (Wildman–Crippen MR) is 129 cm³/mol. The summed E-state index contributed by atoms with van der Waals surface area (Å²) in [5, 5.41) is 8.70. The molecule has 8 nitrogen and oxygen atoms in total. The Kier molecular flexibility index (Phi) is 7.98. The van der Waals surface area contributed by atoms with E-state index in [0.717, 1.165) is 29.3 Å². The monoisotopic (exact) mass is 468 g/mol. The molecule has 2 aromatic rings. The molecule has 33 heavy (non-hydrogen) atoms. The van der Waals surface area contributed by atoms with Crippen molar-refractivity contribution in [3.05, 3.63) is 53.6 Å². The normalized spacial score (nSPS) is 16.3. The van der Waals surface area contributed by atoms with Gasteiger partial charge in [0.25, 0.3) is 5.91 Å². The lowest BCUT2D eigenvalue weighted by atomic mass is 10.1. The average Bonchev–Trinajstić information content (AvgIpc) is 3.02. The van der Waals surface area contributed by atoms with Crippen LogP contribution in [0.2, 0.25) is 0 Å². The summed E-state index contributed by atoms with van der Waals surface area (Å²) in [4.78, 5) is 40.0. The molecule has 3 amide bonds. The molecule has 174 valence electrons. The second-order valence-electron chi connectivity index (χ2n) is 7.99. The highest BCUT2D eigenvalue weighted by atomic mass is 32.2. The van der Waals surface area contributed by atoms with Gasteiger partial charge in [0.05, 0.1) is 18.9 Å². The van der Waals surface area contributed by atoms with Crippen molar-refractivity contribution in [2.45, 2.75) is 24.3 Å². The zero-order chi connectivity index (χ0) is 23.0. The lowest BCUT2D eigenvalue weighted by Crippen LogP contribution is -2.38. The number of benzene rings is 2. The first-order valence-electron chi connectivity index (χ1n) is 11.1. The molecular formula is C24H28N4O4S. The fourth-order valence-corrected chi connectivity index (χ4v) is 4.65. The molecule has 0 unspecified atom stereocenters. The Labute approximate surface area is 197 Å². The Balaban J connectivity index is 1.29. The van der Waals surface area contributed by atoms with Crippen molar-refractivity contribution < 1.29 is 19.1 Å². The van der Waals surface area contributed by atoms with E-state index in [1.165, 1.54) is 0 Å². The first-order valence-corrected chi connectivity index (χ1v) is 12.1. The van der Waals surface area contributed by atoms with Crippen LogP contribution in [0.25, 0.3) is 0 Å². The minimum absolute atomic E-state index is 0.0347. The highest BCUT2D eigenvalue weighted by Gasteiger charge is 2.16. The van der Waals surface area contributed by atoms with Crippen molar-refractivity contribution in [2.24, 2.45) is 0 Å². The van der Waals surface area contributed by atoms with Crippen LogP contribution in [0.4, 0.5) is 11.4 Å². The minimum atomic E-state index is -0.221. The van der Waals surface area contributed by atoms with E-state index in [9.17, 15) is 14.4 Å². The van der Waals surface area contributed by atoms with Gasteiger partial charge in [-0.1, -0.05) is 12.1 Å². The van der Waals surface area contributed by atoms with E-state index in [0.29, 0.717) is 56.1 Å². The summed E-state index contributed by atoms with van der Waals surface area (Å²) >= 11 is 1.60. The van der Waals surface area contributed by atoms with Crippen LogP contribution in [0.5, 0.6) is 0 Å². The number of amides is 3. The van der Waals surface area contributed by atoms with E-state index >= 15 is 0 Å². The Hall–Kier alpha value is -2.88. The summed E-state index contributed by atoms with van der Waals surface area (Å²) in [7, 11) is 0. The van der Waals surface area contributed by atoms with E-state index in [2.05, 4.69) is 20.9 Å².